The van der Waals surface area contributed by atoms with E-state index in [4.69, 9.17) is 21.9 Å². The summed E-state index contributed by atoms with van der Waals surface area (Å²) in [6.07, 6.45) is -1.41. The lowest BCUT2D eigenvalue weighted by atomic mass is 10.0. The molecule has 1 saturated heterocycles. The Bertz CT molecular complexity index is 1240. The van der Waals surface area contributed by atoms with Crippen LogP contribution >= 0.6 is 0 Å². The smallest absolute Gasteiger partial charge is 0.328 e. The first-order valence-electron chi connectivity index (χ1n) is 15.2. The molecule has 1 aromatic rings. The molecule has 0 bridgehead atoms. The van der Waals surface area contributed by atoms with Gasteiger partial charge in [0.25, 0.3) is 5.91 Å². The largest absolute Gasteiger partial charge is 0.508 e. The van der Waals surface area contributed by atoms with Crippen molar-refractivity contribution in [1.29, 1.82) is 0 Å². The number of hydrogen-bond acceptors (Lipinski definition) is 10. The van der Waals surface area contributed by atoms with Gasteiger partial charge in [-0.25, -0.2) is 4.79 Å². The third kappa shape index (κ3) is 11.8. The fourth-order valence-corrected chi connectivity index (χ4v) is 5.00. The number of carbonyl (C=O) groups is 5. The van der Waals surface area contributed by atoms with E-state index in [9.17, 15) is 39.3 Å². The Labute approximate surface area is 267 Å². The minimum atomic E-state index is -1.57. The van der Waals surface area contributed by atoms with Crippen LogP contribution in [0.15, 0.2) is 29.3 Å². The number of esters is 1. The number of carboxylic acids is 1. The third-order valence-electron chi connectivity index (χ3n) is 7.39. The number of rotatable bonds is 17. The van der Waals surface area contributed by atoms with Gasteiger partial charge in [0, 0.05) is 19.5 Å². The van der Waals surface area contributed by atoms with E-state index >= 15 is 0 Å². The van der Waals surface area contributed by atoms with Crippen molar-refractivity contribution in [2.24, 2.45) is 28.1 Å². The number of aliphatic hydroxyl groups is 1. The number of benzene rings is 1. The molecule has 16 nitrogen and oxygen atoms in total. The maximum absolute atomic E-state index is 13.8. The molecule has 1 aromatic carbocycles. The predicted molar refractivity (Wildman–Crippen MR) is 167 cm³/mol. The van der Waals surface area contributed by atoms with Gasteiger partial charge in [-0.1, -0.05) is 26.0 Å². The molecule has 2 rings (SSSR count). The molecule has 1 fully saturated rings. The molecule has 0 spiro atoms. The van der Waals surface area contributed by atoms with Gasteiger partial charge in [0.15, 0.2) is 18.1 Å². The van der Waals surface area contributed by atoms with Gasteiger partial charge in [-0.2, -0.15) is 0 Å². The first kappa shape index (κ1) is 37.7. The van der Waals surface area contributed by atoms with Crippen molar-refractivity contribution in [3.8, 4) is 5.75 Å². The minimum absolute atomic E-state index is 0.000497. The van der Waals surface area contributed by atoms with Crippen LogP contribution in [0.1, 0.15) is 58.4 Å². The fourth-order valence-electron chi connectivity index (χ4n) is 5.00. The van der Waals surface area contributed by atoms with Crippen molar-refractivity contribution >= 4 is 35.6 Å². The number of aliphatic imine (C=N–C) groups is 1. The van der Waals surface area contributed by atoms with Crippen molar-refractivity contribution < 1.29 is 44.0 Å². The summed E-state index contributed by atoms with van der Waals surface area (Å²) in [6.45, 7) is 5.34. The van der Waals surface area contributed by atoms with Crippen molar-refractivity contribution in [2.45, 2.75) is 95.7 Å². The van der Waals surface area contributed by atoms with E-state index in [1.807, 2.05) is 13.8 Å². The molecule has 1 aliphatic rings. The van der Waals surface area contributed by atoms with Gasteiger partial charge in [-0.15, -0.1) is 0 Å². The number of nitrogens with zero attached hydrogens (tertiary/aromatic N) is 2. The number of carboxylic acid groups (broad SMARTS) is 1. The van der Waals surface area contributed by atoms with Crippen LogP contribution in [0.4, 0.5) is 0 Å². The summed E-state index contributed by atoms with van der Waals surface area (Å²) in [6, 6.07) is 1.17. The molecule has 6 atom stereocenters. The Morgan fingerprint density at radius 1 is 1.09 bits per heavy atom. The second kappa shape index (κ2) is 17.9. The number of aliphatic hydroxyl groups excluding tert-OH is 1. The highest BCUT2D eigenvalue weighted by Gasteiger charge is 2.40. The summed E-state index contributed by atoms with van der Waals surface area (Å²) in [4.78, 5) is 70.0. The van der Waals surface area contributed by atoms with Crippen LogP contribution in [0.3, 0.4) is 0 Å². The number of nitrogens with one attached hydrogen (secondary N) is 2. The second-order valence-corrected chi connectivity index (χ2v) is 11.8. The lowest BCUT2D eigenvalue weighted by Gasteiger charge is -2.31. The molecule has 1 aliphatic heterocycles. The average Bonchev–Trinajstić information content (AvgIpc) is 3.47. The first-order chi connectivity index (χ1) is 21.6. The van der Waals surface area contributed by atoms with E-state index in [1.54, 1.807) is 12.1 Å². The van der Waals surface area contributed by atoms with Gasteiger partial charge in [0.1, 0.15) is 23.9 Å². The molecule has 0 unspecified atom stereocenters. The van der Waals surface area contributed by atoms with E-state index in [0.717, 1.165) is 0 Å². The molecule has 0 aromatic heterocycles. The fraction of sp³-hybridized carbons (Fsp3) is 0.600. The number of ether oxygens (including phenoxy) is 1. The van der Waals surface area contributed by atoms with Crippen molar-refractivity contribution in [3.05, 3.63) is 29.8 Å². The van der Waals surface area contributed by atoms with Crippen molar-refractivity contribution in [1.82, 2.24) is 15.5 Å². The van der Waals surface area contributed by atoms with Crippen LogP contribution in [-0.4, -0.2) is 105 Å². The molecule has 0 radical (unpaired) electrons. The zero-order chi connectivity index (χ0) is 34.6. The van der Waals surface area contributed by atoms with Crippen LogP contribution in [0.25, 0.3) is 0 Å². The van der Waals surface area contributed by atoms with Gasteiger partial charge in [-0.05, 0) is 62.6 Å². The molecular formula is C30H47N7O9. The van der Waals surface area contributed by atoms with E-state index in [1.165, 1.54) is 24.0 Å². The summed E-state index contributed by atoms with van der Waals surface area (Å²) in [5.41, 5.74) is 17.2. The molecule has 16 heteroatoms. The lowest BCUT2D eigenvalue weighted by molar-refractivity contribution is -0.158. The number of aromatic hydroxyl groups is 1. The highest BCUT2D eigenvalue weighted by atomic mass is 16.5. The van der Waals surface area contributed by atoms with Crippen LogP contribution in [0.5, 0.6) is 5.75 Å². The number of likely N-dealkylation sites (tertiary alicyclic amines) is 1. The Morgan fingerprint density at radius 3 is 2.30 bits per heavy atom. The maximum Gasteiger partial charge on any atom is 0.328 e. The third-order valence-corrected chi connectivity index (χ3v) is 7.39. The summed E-state index contributed by atoms with van der Waals surface area (Å²) < 4.78 is 5.55. The number of amides is 3. The molecule has 3 amide bonds. The molecule has 0 saturated carbocycles. The van der Waals surface area contributed by atoms with Crippen molar-refractivity contribution in [2.75, 3.05) is 13.1 Å². The summed E-state index contributed by atoms with van der Waals surface area (Å²) in [5.74, 6) is -4.51. The molecule has 0 aliphatic carbocycles. The van der Waals surface area contributed by atoms with Gasteiger partial charge >= 0.3 is 11.9 Å². The maximum atomic E-state index is 13.8. The van der Waals surface area contributed by atoms with E-state index in [0.29, 0.717) is 18.4 Å². The van der Waals surface area contributed by atoms with Crippen molar-refractivity contribution in [3.63, 3.8) is 0 Å². The van der Waals surface area contributed by atoms with E-state index in [2.05, 4.69) is 15.6 Å². The van der Waals surface area contributed by atoms with E-state index < -0.39 is 66.0 Å². The monoisotopic (exact) mass is 649 g/mol. The Morgan fingerprint density at radius 2 is 1.74 bits per heavy atom. The molecule has 1 heterocycles. The first-order valence-corrected chi connectivity index (χ1v) is 15.2. The number of hydrogen-bond donors (Lipinski definition) is 8. The zero-order valence-corrected chi connectivity index (χ0v) is 26.4. The van der Waals surface area contributed by atoms with Crippen LogP contribution in [-0.2, 0) is 35.1 Å². The Hall–Kier alpha value is -4.44. The predicted octanol–water partition coefficient (Wildman–Crippen LogP) is -1.30. The quantitative estimate of drug-likeness (QED) is 0.0423. The average molecular weight is 650 g/mol. The summed E-state index contributed by atoms with van der Waals surface area (Å²) >= 11 is 0. The Kier molecular flexibility index (Phi) is 14.7. The number of phenolic OH excluding ortho intramolecular Hbond substituents is 1. The zero-order valence-electron chi connectivity index (χ0n) is 26.4. The van der Waals surface area contributed by atoms with Gasteiger partial charge in [0.05, 0.1) is 6.10 Å². The number of aliphatic carboxylic acids is 1. The summed E-state index contributed by atoms with van der Waals surface area (Å²) in [5, 5.41) is 33.8. The molecule has 256 valence electrons. The SMILES string of the molecule is CC(C)C[C@H](NC(=O)[C@H](Cc1ccc(O)cc1)OC(=O)[C@@H](N)CCCN=C(N)N)C(=O)N1CCC[C@H]1C(=O)N[C@H](C(=O)O)[C@@H](C)O. The minimum Gasteiger partial charge on any atom is -0.508 e. The number of guanidine groups is 1. The molecule has 46 heavy (non-hydrogen) atoms. The number of carbonyl (C=O) groups excluding carboxylic acids is 4. The molecule has 11 N–H and O–H groups in total. The standard InChI is InChI=1S/C30H47N7O9/c1-16(2)14-21(27(42)37-13-5-7-22(37)25(40)36-24(17(3)38)28(43)44)35-26(41)23(15-18-8-10-19(39)11-9-18)46-29(45)20(31)6-4-12-34-30(32)33/h8-11,16-17,20-24,38-39H,4-7,12-15,31H2,1-3H3,(H,35,41)(H,36,40)(H,43,44)(H4,32,33,34)/t17-,20+,21+,22+,23+,24+/m1/s1. The topological polar surface area (TPSA) is 273 Å². The second-order valence-electron chi connectivity index (χ2n) is 11.8. The number of nitrogens with two attached hydrogens (primary N) is 3. The van der Waals surface area contributed by atoms with Gasteiger partial charge < -0.3 is 52.8 Å². The van der Waals surface area contributed by atoms with E-state index in [-0.39, 0.29) is 56.4 Å². The lowest BCUT2D eigenvalue weighted by Crippen LogP contribution is -2.58. The normalized spacial score (nSPS) is 17.7. The number of phenols is 1. The highest BCUT2D eigenvalue weighted by Crippen LogP contribution is 2.21. The highest BCUT2D eigenvalue weighted by molar-refractivity contribution is 5.95. The van der Waals surface area contributed by atoms with Crippen LogP contribution < -0.4 is 27.8 Å². The molecular weight excluding hydrogens is 602 g/mol. The van der Waals surface area contributed by atoms with Gasteiger partial charge in [-0.3, -0.25) is 24.2 Å². The van der Waals surface area contributed by atoms with Crippen LogP contribution in [0.2, 0.25) is 0 Å². The van der Waals surface area contributed by atoms with Crippen LogP contribution in [0, 0.1) is 5.92 Å². The van der Waals surface area contributed by atoms with Gasteiger partial charge in [0.2, 0.25) is 11.8 Å². The summed E-state index contributed by atoms with van der Waals surface area (Å²) in [7, 11) is 0. The Balaban J connectivity index is 2.25.